The number of thiocarbonyl (C=S) groups is 1. The van der Waals surface area contributed by atoms with Gasteiger partial charge in [0, 0.05) is 24.2 Å². The van der Waals surface area contributed by atoms with Crippen LogP contribution in [0.15, 0.2) is 53.3 Å². The average molecular weight is 466 g/mol. The molecule has 0 spiro atoms. The van der Waals surface area contributed by atoms with Crippen molar-refractivity contribution >= 4 is 39.9 Å². The van der Waals surface area contributed by atoms with Crippen molar-refractivity contribution in [2.45, 2.75) is 32.4 Å². The first-order valence-corrected chi connectivity index (χ1v) is 11.3. The Morgan fingerprint density at radius 3 is 2.85 bits per heavy atom. The van der Waals surface area contributed by atoms with Crippen molar-refractivity contribution in [2.75, 3.05) is 25.6 Å². The molecule has 4 rings (SSSR count). The Morgan fingerprint density at radius 2 is 2.09 bits per heavy atom. The molecular weight excluding hydrogens is 438 g/mol. The van der Waals surface area contributed by atoms with Gasteiger partial charge in [-0.25, -0.2) is 4.79 Å². The van der Waals surface area contributed by atoms with Crippen molar-refractivity contribution < 1.29 is 14.3 Å². The number of esters is 1. The van der Waals surface area contributed by atoms with Crippen LogP contribution in [0.5, 0.6) is 0 Å². The van der Waals surface area contributed by atoms with Gasteiger partial charge in [-0.15, -0.1) is 0 Å². The summed E-state index contributed by atoms with van der Waals surface area (Å²) in [5.41, 5.74) is 3.31. The zero-order valence-corrected chi connectivity index (χ0v) is 19.5. The molecule has 33 heavy (non-hydrogen) atoms. The summed E-state index contributed by atoms with van der Waals surface area (Å²) in [6, 6.07) is 14.9. The van der Waals surface area contributed by atoms with Gasteiger partial charge >= 0.3 is 5.97 Å². The fourth-order valence-electron chi connectivity index (χ4n) is 4.02. The van der Waals surface area contributed by atoms with Gasteiger partial charge in [0.15, 0.2) is 5.11 Å². The SMILES string of the molecule is COC(=O)c1ccccc1NC(=S)N(Cc1cc2cc(C)ccc2[nH]c1=O)C[C@H]1CCCO1. The van der Waals surface area contributed by atoms with Crippen LogP contribution in [0.2, 0.25) is 0 Å². The molecule has 3 aromatic rings. The molecule has 2 heterocycles. The lowest BCUT2D eigenvalue weighted by molar-refractivity contribution is 0.0602. The van der Waals surface area contributed by atoms with E-state index in [1.165, 1.54) is 7.11 Å². The lowest BCUT2D eigenvalue weighted by atomic mass is 10.1. The molecule has 2 N–H and O–H groups in total. The molecule has 8 heteroatoms. The summed E-state index contributed by atoms with van der Waals surface area (Å²) in [6.07, 6.45) is 1.97. The molecule has 7 nitrogen and oxygen atoms in total. The maximum absolute atomic E-state index is 12.8. The predicted molar refractivity (Wildman–Crippen MR) is 133 cm³/mol. The summed E-state index contributed by atoms with van der Waals surface area (Å²) in [4.78, 5) is 29.9. The molecule has 1 aliphatic heterocycles. The number of nitrogens with zero attached hydrogens (tertiary/aromatic N) is 1. The molecule has 2 aromatic carbocycles. The third-order valence-corrected chi connectivity index (χ3v) is 6.11. The summed E-state index contributed by atoms with van der Waals surface area (Å²) < 4.78 is 10.7. The van der Waals surface area contributed by atoms with E-state index in [0.29, 0.717) is 35.0 Å². The second-order valence-electron chi connectivity index (χ2n) is 8.20. The standard InChI is InChI=1S/C25H27N3O4S/c1-16-9-10-21-17(12-16)13-18(23(29)26-21)14-28(15-19-6-5-11-32-19)25(33)27-22-8-4-3-7-20(22)24(30)31-2/h3-4,7-10,12-13,19H,5-6,11,14-15H2,1-2H3,(H,26,29)(H,27,33)/t19-/m1/s1. The number of carbonyl (C=O) groups excluding carboxylic acids is 1. The number of nitrogens with one attached hydrogen (secondary N) is 2. The molecule has 0 unspecified atom stereocenters. The molecule has 0 aliphatic carbocycles. The lowest BCUT2D eigenvalue weighted by Crippen LogP contribution is -2.40. The topological polar surface area (TPSA) is 83.7 Å². The van der Waals surface area contributed by atoms with Gasteiger partial charge in [-0.2, -0.15) is 0 Å². The summed E-state index contributed by atoms with van der Waals surface area (Å²) in [6.45, 7) is 3.59. The van der Waals surface area contributed by atoms with E-state index in [1.807, 2.05) is 42.2 Å². The van der Waals surface area contributed by atoms with Crippen molar-refractivity contribution in [3.05, 3.63) is 75.6 Å². The number of anilines is 1. The molecule has 0 saturated carbocycles. The number of aryl methyl sites for hydroxylation is 1. The number of pyridine rings is 1. The van der Waals surface area contributed by atoms with Crippen LogP contribution in [0.1, 0.15) is 34.3 Å². The number of para-hydroxylation sites is 1. The number of methoxy groups -OCH3 is 1. The van der Waals surface area contributed by atoms with Gasteiger partial charge in [-0.1, -0.05) is 23.8 Å². The molecule has 172 valence electrons. The second-order valence-corrected chi connectivity index (χ2v) is 8.58. The third kappa shape index (κ3) is 5.40. The fourth-order valence-corrected chi connectivity index (χ4v) is 4.27. The van der Waals surface area contributed by atoms with E-state index in [-0.39, 0.29) is 11.7 Å². The lowest BCUT2D eigenvalue weighted by Gasteiger charge is -2.28. The van der Waals surface area contributed by atoms with Gasteiger partial charge in [0.1, 0.15) is 0 Å². The molecule has 1 aromatic heterocycles. The van der Waals surface area contributed by atoms with Crippen LogP contribution in [0.25, 0.3) is 10.9 Å². The predicted octanol–water partition coefficient (Wildman–Crippen LogP) is 4.00. The van der Waals surface area contributed by atoms with Gasteiger partial charge in [0.25, 0.3) is 5.56 Å². The highest BCUT2D eigenvalue weighted by molar-refractivity contribution is 7.80. The number of fused-ring (bicyclic) bond motifs is 1. The van der Waals surface area contributed by atoms with Crippen molar-refractivity contribution in [1.29, 1.82) is 0 Å². The number of hydrogen-bond acceptors (Lipinski definition) is 5. The zero-order valence-electron chi connectivity index (χ0n) is 18.7. The summed E-state index contributed by atoms with van der Waals surface area (Å²) in [5, 5.41) is 4.55. The van der Waals surface area contributed by atoms with Crippen LogP contribution in [0, 0.1) is 6.92 Å². The molecule has 1 atom stereocenters. The maximum atomic E-state index is 12.8. The van der Waals surface area contributed by atoms with Crippen molar-refractivity contribution in [3.63, 3.8) is 0 Å². The minimum absolute atomic E-state index is 0.0300. The molecular formula is C25H27N3O4S. The summed E-state index contributed by atoms with van der Waals surface area (Å²) in [5.74, 6) is -0.451. The number of aromatic nitrogens is 1. The quantitative estimate of drug-likeness (QED) is 0.420. The van der Waals surface area contributed by atoms with Crippen LogP contribution >= 0.6 is 12.2 Å². The van der Waals surface area contributed by atoms with Gasteiger partial charge in [0.2, 0.25) is 0 Å². The highest BCUT2D eigenvalue weighted by Crippen LogP contribution is 2.20. The molecule has 0 radical (unpaired) electrons. The Morgan fingerprint density at radius 1 is 1.27 bits per heavy atom. The van der Waals surface area contributed by atoms with Crippen molar-refractivity contribution in [2.24, 2.45) is 0 Å². The van der Waals surface area contributed by atoms with Gasteiger partial charge in [-0.05, 0) is 67.7 Å². The zero-order chi connectivity index (χ0) is 23.4. The number of ether oxygens (including phenoxy) is 2. The molecule has 1 saturated heterocycles. The number of hydrogen-bond donors (Lipinski definition) is 2. The Balaban J connectivity index is 1.62. The average Bonchev–Trinajstić information content (AvgIpc) is 3.32. The smallest absolute Gasteiger partial charge is 0.339 e. The van der Waals surface area contributed by atoms with Crippen molar-refractivity contribution in [1.82, 2.24) is 9.88 Å². The van der Waals surface area contributed by atoms with Gasteiger partial charge < -0.3 is 24.7 Å². The van der Waals surface area contributed by atoms with Crippen LogP contribution in [-0.4, -0.2) is 47.3 Å². The van der Waals surface area contributed by atoms with E-state index in [1.54, 1.807) is 18.2 Å². The van der Waals surface area contributed by atoms with Crippen LogP contribution in [-0.2, 0) is 16.0 Å². The highest BCUT2D eigenvalue weighted by atomic mass is 32.1. The Bertz CT molecular complexity index is 1230. The van der Waals surface area contributed by atoms with E-state index in [2.05, 4.69) is 10.3 Å². The van der Waals surface area contributed by atoms with E-state index < -0.39 is 5.97 Å². The largest absolute Gasteiger partial charge is 0.465 e. The van der Waals surface area contributed by atoms with E-state index in [0.717, 1.165) is 35.9 Å². The first kappa shape index (κ1) is 22.9. The van der Waals surface area contributed by atoms with Gasteiger partial charge in [0.05, 0.1) is 31.0 Å². The van der Waals surface area contributed by atoms with E-state index in [4.69, 9.17) is 21.7 Å². The summed E-state index contributed by atoms with van der Waals surface area (Å²) in [7, 11) is 1.34. The molecule has 1 aliphatic rings. The molecule has 1 fully saturated rings. The van der Waals surface area contributed by atoms with Crippen LogP contribution in [0.4, 0.5) is 5.69 Å². The highest BCUT2D eigenvalue weighted by Gasteiger charge is 2.23. The Hall–Kier alpha value is -3.23. The molecule has 0 amide bonds. The number of aromatic amines is 1. The summed E-state index contributed by atoms with van der Waals surface area (Å²) >= 11 is 5.73. The number of H-pyrrole nitrogens is 1. The van der Waals surface area contributed by atoms with E-state index >= 15 is 0 Å². The fraction of sp³-hybridized carbons (Fsp3) is 0.320. The minimum atomic E-state index is -0.451. The Labute approximate surface area is 197 Å². The monoisotopic (exact) mass is 465 g/mol. The first-order chi connectivity index (χ1) is 15.9. The number of carbonyl (C=O) groups is 1. The number of benzene rings is 2. The normalized spacial score (nSPS) is 15.4. The van der Waals surface area contributed by atoms with Crippen LogP contribution < -0.4 is 10.9 Å². The first-order valence-electron chi connectivity index (χ1n) is 10.9. The number of rotatable bonds is 6. The van der Waals surface area contributed by atoms with Crippen molar-refractivity contribution in [3.8, 4) is 0 Å². The molecule has 0 bridgehead atoms. The third-order valence-electron chi connectivity index (χ3n) is 5.75. The maximum Gasteiger partial charge on any atom is 0.339 e. The Kier molecular flexibility index (Phi) is 7.05. The van der Waals surface area contributed by atoms with Gasteiger partial charge in [-0.3, -0.25) is 4.79 Å². The van der Waals surface area contributed by atoms with E-state index in [9.17, 15) is 9.59 Å². The second kappa shape index (κ2) is 10.1. The minimum Gasteiger partial charge on any atom is -0.465 e. The van der Waals surface area contributed by atoms with Crippen LogP contribution in [0.3, 0.4) is 0 Å².